The lowest BCUT2D eigenvalue weighted by atomic mass is 10.3. The average molecular weight is 316 g/mol. The zero-order valence-corrected chi connectivity index (χ0v) is 11.4. The highest BCUT2D eigenvalue weighted by Gasteiger charge is 2.13. The van der Waals surface area contributed by atoms with E-state index in [1.807, 2.05) is 0 Å². The van der Waals surface area contributed by atoms with Gasteiger partial charge >= 0.3 is 5.69 Å². The number of nitrogens with zero attached hydrogens (tertiary/aromatic N) is 3. The molecule has 0 saturated carbocycles. The molecule has 0 aliphatic carbocycles. The second-order valence-corrected chi connectivity index (χ2v) is 4.62. The number of benzene rings is 1. The van der Waals surface area contributed by atoms with Crippen molar-refractivity contribution in [2.24, 2.45) is 0 Å². The van der Waals surface area contributed by atoms with E-state index in [1.165, 1.54) is 23.0 Å². The summed E-state index contributed by atoms with van der Waals surface area (Å²) in [6.45, 7) is -0.0916. The first-order valence-corrected chi connectivity index (χ1v) is 6.26. The van der Waals surface area contributed by atoms with Gasteiger partial charge in [-0.05, 0) is 18.2 Å². The molecule has 0 aliphatic heterocycles. The van der Waals surface area contributed by atoms with E-state index in [0.29, 0.717) is 0 Å². The van der Waals surface area contributed by atoms with Crippen LogP contribution in [-0.2, 0) is 6.54 Å². The molecular formula is C12H11ClFN3O4. The topological polar surface area (TPSA) is 90.4 Å². The summed E-state index contributed by atoms with van der Waals surface area (Å²) >= 11 is 5.77. The maximum absolute atomic E-state index is 12.8. The Morgan fingerprint density at radius 2 is 2.33 bits per heavy atom. The van der Waals surface area contributed by atoms with E-state index in [1.54, 1.807) is 0 Å². The van der Waals surface area contributed by atoms with Crippen LogP contribution in [0.1, 0.15) is 0 Å². The number of aliphatic hydroxyl groups is 1. The van der Waals surface area contributed by atoms with Crippen molar-refractivity contribution < 1.29 is 19.2 Å². The number of aliphatic hydroxyl groups excluding tert-OH is 1. The number of hydrogen-bond donors (Lipinski definition) is 1. The second kappa shape index (κ2) is 6.51. The van der Waals surface area contributed by atoms with Crippen LogP contribution < -0.4 is 4.74 Å². The van der Waals surface area contributed by atoms with Crippen LogP contribution in [0.15, 0.2) is 30.6 Å². The Labute approximate surface area is 123 Å². The minimum Gasteiger partial charge on any atom is -0.489 e. The number of ether oxygens (including phenoxy) is 1. The SMILES string of the molecule is O=[N+]([O-])c1cnn(CC(O)COc2ccc(F)cc2Cl)c1. The number of nitro groups is 1. The highest BCUT2D eigenvalue weighted by Crippen LogP contribution is 2.24. The summed E-state index contributed by atoms with van der Waals surface area (Å²) in [6.07, 6.45) is 1.34. The average Bonchev–Trinajstić information content (AvgIpc) is 2.86. The molecule has 2 aromatic rings. The Morgan fingerprint density at radius 1 is 1.57 bits per heavy atom. The molecule has 112 valence electrons. The molecule has 1 aromatic heterocycles. The normalized spacial score (nSPS) is 12.1. The highest BCUT2D eigenvalue weighted by molar-refractivity contribution is 6.32. The van der Waals surface area contributed by atoms with Gasteiger partial charge in [0.2, 0.25) is 0 Å². The molecule has 21 heavy (non-hydrogen) atoms. The smallest absolute Gasteiger partial charge is 0.306 e. The summed E-state index contributed by atoms with van der Waals surface area (Å²) in [5.74, 6) is -0.250. The number of rotatable bonds is 6. The quantitative estimate of drug-likeness (QED) is 0.650. The first-order chi connectivity index (χ1) is 9.95. The monoisotopic (exact) mass is 315 g/mol. The van der Waals surface area contributed by atoms with Crippen LogP contribution in [0.3, 0.4) is 0 Å². The fourth-order valence-electron chi connectivity index (χ4n) is 1.59. The van der Waals surface area contributed by atoms with Gasteiger partial charge in [-0.2, -0.15) is 5.10 Å². The van der Waals surface area contributed by atoms with Gasteiger partial charge in [0.1, 0.15) is 36.7 Å². The van der Waals surface area contributed by atoms with Crippen molar-refractivity contribution in [2.75, 3.05) is 6.61 Å². The predicted octanol–water partition coefficient (Wildman–Crippen LogP) is 2.02. The lowest BCUT2D eigenvalue weighted by Gasteiger charge is -2.13. The minimum absolute atomic E-state index is 0.0205. The molecule has 0 bridgehead atoms. The molecule has 0 amide bonds. The van der Waals surface area contributed by atoms with Crippen LogP contribution in [-0.4, -0.2) is 32.5 Å². The maximum atomic E-state index is 12.8. The predicted molar refractivity (Wildman–Crippen MR) is 71.8 cm³/mol. The Hall–Kier alpha value is -2.19. The Balaban J connectivity index is 1.89. The van der Waals surface area contributed by atoms with Gasteiger partial charge < -0.3 is 9.84 Å². The summed E-state index contributed by atoms with van der Waals surface area (Å²) in [5.41, 5.74) is -0.162. The molecular weight excluding hydrogens is 305 g/mol. The summed E-state index contributed by atoms with van der Waals surface area (Å²) in [7, 11) is 0. The fourth-order valence-corrected chi connectivity index (χ4v) is 1.82. The molecule has 0 saturated heterocycles. The summed E-state index contributed by atoms with van der Waals surface area (Å²) in [4.78, 5) is 9.92. The van der Waals surface area contributed by atoms with Crippen molar-refractivity contribution in [2.45, 2.75) is 12.6 Å². The van der Waals surface area contributed by atoms with Gasteiger partial charge in [-0.15, -0.1) is 0 Å². The van der Waals surface area contributed by atoms with Crippen molar-refractivity contribution in [3.05, 3.63) is 51.5 Å². The zero-order valence-electron chi connectivity index (χ0n) is 10.6. The molecule has 1 atom stereocenters. The molecule has 0 aliphatic rings. The van der Waals surface area contributed by atoms with Crippen LogP contribution in [0.2, 0.25) is 5.02 Å². The first-order valence-electron chi connectivity index (χ1n) is 5.88. The number of aromatic nitrogens is 2. The van der Waals surface area contributed by atoms with Gasteiger partial charge in [0, 0.05) is 0 Å². The second-order valence-electron chi connectivity index (χ2n) is 4.22. The molecule has 2 rings (SSSR count). The summed E-state index contributed by atoms with van der Waals surface area (Å²) in [5, 5.41) is 24.1. The van der Waals surface area contributed by atoms with Gasteiger partial charge in [-0.3, -0.25) is 14.8 Å². The standard InChI is InChI=1S/C12H11ClFN3O4/c13-11-3-8(14)1-2-12(11)21-7-10(18)6-16-5-9(4-15-16)17(19)20/h1-5,10,18H,6-7H2. The Morgan fingerprint density at radius 3 is 2.95 bits per heavy atom. The molecule has 0 spiro atoms. The number of hydrogen-bond acceptors (Lipinski definition) is 5. The van der Waals surface area contributed by atoms with Crippen LogP contribution in [0.25, 0.3) is 0 Å². The minimum atomic E-state index is -0.953. The maximum Gasteiger partial charge on any atom is 0.306 e. The molecule has 0 radical (unpaired) electrons. The lowest BCUT2D eigenvalue weighted by Crippen LogP contribution is -2.23. The van der Waals surface area contributed by atoms with Crippen molar-refractivity contribution >= 4 is 17.3 Å². The summed E-state index contributed by atoms with van der Waals surface area (Å²) in [6, 6.07) is 3.63. The molecule has 1 N–H and O–H groups in total. The highest BCUT2D eigenvalue weighted by atomic mass is 35.5. The van der Waals surface area contributed by atoms with E-state index >= 15 is 0 Å². The molecule has 0 fully saturated rings. The van der Waals surface area contributed by atoms with E-state index in [-0.39, 0.29) is 29.6 Å². The van der Waals surface area contributed by atoms with Crippen molar-refractivity contribution in [1.29, 1.82) is 0 Å². The molecule has 9 heteroatoms. The van der Waals surface area contributed by atoms with Gasteiger partial charge in [0.15, 0.2) is 0 Å². The van der Waals surface area contributed by atoms with E-state index in [2.05, 4.69) is 5.10 Å². The van der Waals surface area contributed by atoms with Gasteiger partial charge in [0.25, 0.3) is 0 Å². The Kier molecular flexibility index (Phi) is 4.71. The summed E-state index contributed by atoms with van der Waals surface area (Å²) < 4.78 is 19.3. The van der Waals surface area contributed by atoms with Crippen molar-refractivity contribution in [3.8, 4) is 5.75 Å². The van der Waals surface area contributed by atoms with Gasteiger partial charge in [-0.25, -0.2) is 4.39 Å². The van der Waals surface area contributed by atoms with E-state index in [0.717, 1.165) is 12.3 Å². The third-order valence-corrected chi connectivity index (χ3v) is 2.85. The van der Waals surface area contributed by atoms with Gasteiger partial charge in [0.05, 0.1) is 16.5 Å². The molecule has 1 heterocycles. The molecule has 1 aromatic carbocycles. The molecule has 7 nitrogen and oxygen atoms in total. The van der Waals surface area contributed by atoms with Crippen molar-refractivity contribution in [1.82, 2.24) is 9.78 Å². The van der Waals surface area contributed by atoms with E-state index in [9.17, 15) is 19.6 Å². The van der Waals surface area contributed by atoms with Crippen molar-refractivity contribution in [3.63, 3.8) is 0 Å². The van der Waals surface area contributed by atoms with Gasteiger partial charge in [-0.1, -0.05) is 11.6 Å². The molecule has 1 unspecified atom stereocenters. The van der Waals surface area contributed by atoms with Crippen LogP contribution in [0, 0.1) is 15.9 Å². The van der Waals surface area contributed by atoms with Crippen LogP contribution >= 0.6 is 11.6 Å². The lowest BCUT2D eigenvalue weighted by molar-refractivity contribution is -0.385. The van der Waals surface area contributed by atoms with Crippen LogP contribution in [0.4, 0.5) is 10.1 Å². The first kappa shape index (κ1) is 15.2. The Bertz CT molecular complexity index is 649. The third-order valence-electron chi connectivity index (χ3n) is 2.55. The van der Waals surface area contributed by atoms with E-state index in [4.69, 9.17) is 16.3 Å². The fraction of sp³-hybridized carbons (Fsp3) is 0.250. The van der Waals surface area contributed by atoms with E-state index < -0.39 is 16.8 Å². The van der Waals surface area contributed by atoms with Crippen LogP contribution in [0.5, 0.6) is 5.75 Å². The number of halogens is 2. The largest absolute Gasteiger partial charge is 0.489 e. The third kappa shape index (κ3) is 4.14. The zero-order chi connectivity index (χ0) is 15.4.